The zero-order valence-electron chi connectivity index (χ0n) is 13.8. The Morgan fingerprint density at radius 2 is 1.80 bits per heavy atom. The van der Waals surface area contributed by atoms with Gasteiger partial charge in [-0.2, -0.15) is 0 Å². The minimum absolute atomic E-state index is 0.00546. The van der Waals surface area contributed by atoms with E-state index < -0.39 is 0 Å². The minimum atomic E-state index is -0.362. The van der Waals surface area contributed by atoms with Gasteiger partial charge in [0.25, 0.3) is 0 Å². The molecule has 3 aromatic carbocycles. The lowest BCUT2D eigenvalue weighted by molar-refractivity contribution is -0.116. The molecule has 1 atom stereocenters. The molecule has 1 aliphatic heterocycles. The number of carbonyl (C=O) groups is 2. The van der Waals surface area contributed by atoms with Crippen molar-refractivity contribution in [2.24, 2.45) is 0 Å². The SMILES string of the molecule is COC(=O)c1ccc([C@H]2CC(=O)Nc3c2ccc2ccccc32)cc1. The second kappa shape index (κ2) is 6.06. The number of benzene rings is 3. The molecule has 0 spiro atoms. The van der Waals surface area contributed by atoms with E-state index in [0.29, 0.717) is 12.0 Å². The van der Waals surface area contributed by atoms with Gasteiger partial charge in [-0.3, -0.25) is 4.79 Å². The summed E-state index contributed by atoms with van der Waals surface area (Å²) in [5.41, 5.74) is 3.50. The molecule has 124 valence electrons. The molecule has 0 aromatic heterocycles. The molecule has 1 aliphatic rings. The number of hydrogen-bond donors (Lipinski definition) is 1. The summed E-state index contributed by atoms with van der Waals surface area (Å²) in [6.45, 7) is 0. The zero-order chi connectivity index (χ0) is 17.4. The Kier molecular flexibility index (Phi) is 3.73. The summed E-state index contributed by atoms with van der Waals surface area (Å²) < 4.78 is 4.74. The lowest BCUT2D eigenvalue weighted by Gasteiger charge is -2.27. The van der Waals surface area contributed by atoms with Crippen molar-refractivity contribution in [1.29, 1.82) is 0 Å². The molecule has 0 fully saturated rings. The molecular formula is C21H17NO3. The average molecular weight is 331 g/mol. The van der Waals surface area contributed by atoms with Crippen LogP contribution in [-0.2, 0) is 9.53 Å². The predicted molar refractivity (Wildman–Crippen MR) is 96.8 cm³/mol. The molecule has 1 N–H and O–H groups in total. The van der Waals surface area contributed by atoms with E-state index in [1.54, 1.807) is 12.1 Å². The average Bonchev–Trinajstić information content (AvgIpc) is 2.66. The van der Waals surface area contributed by atoms with Gasteiger partial charge in [0.2, 0.25) is 5.91 Å². The summed E-state index contributed by atoms with van der Waals surface area (Å²) in [7, 11) is 1.36. The molecule has 4 heteroatoms. The van der Waals surface area contributed by atoms with Gasteiger partial charge >= 0.3 is 5.97 Å². The smallest absolute Gasteiger partial charge is 0.337 e. The molecule has 0 saturated heterocycles. The summed E-state index contributed by atoms with van der Waals surface area (Å²) in [5, 5.41) is 5.17. The third-order valence-corrected chi connectivity index (χ3v) is 4.72. The van der Waals surface area contributed by atoms with Crippen molar-refractivity contribution >= 4 is 28.3 Å². The van der Waals surface area contributed by atoms with E-state index in [1.165, 1.54) is 7.11 Å². The molecule has 0 unspecified atom stereocenters. The zero-order valence-corrected chi connectivity index (χ0v) is 13.8. The Labute approximate surface area is 145 Å². The van der Waals surface area contributed by atoms with Gasteiger partial charge in [-0.05, 0) is 28.6 Å². The molecule has 0 bridgehead atoms. The van der Waals surface area contributed by atoms with Crippen LogP contribution in [0.3, 0.4) is 0 Å². The number of anilines is 1. The van der Waals surface area contributed by atoms with Gasteiger partial charge in [-0.15, -0.1) is 0 Å². The van der Waals surface area contributed by atoms with Crippen molar-refractivity contribution in [2.75, 3.05) is 12.4 Å². The number of carbonyl (C=O) groups excluding carboxylic acids is 2. The first-order valence-corrected chi connectivity index (χ1v) is 8.17. The van der Waals surface area contributed by atoms with E-state index >= 15 is 0 Å². The number of methoxy groups -OCH3 is 1. The lowest BCUT2D eigenvalue weighted by atomic mass is 9.83. The molecule has 3 aromatic rings. The van der Waals surface area contributed by atoms with Gasteiger partial charge < -0.3 is 10.1 Å². The normalized spacial score (nSPS) is 16.2. The lowest BCUT2D eigenvalue weighted by Crippen LogP contribution is -2.23. The molecule has 0 radical (unpaired) electrons. The van der Waals surface area contributed by atoms with Crippen LogP contribution in [0.15, 0.2) is 60.7 Å². The Balaban J connectivity index is 1.81. The number of ether oxygens (including phenoxy) is 1. The quantitative estimate of drug-likeness (QED) is 0.719. The predicted octanol–water partition coefficient (Wildman–Crippen LogP) is 4.10. The standard InChI is InChI=1S/C21H17NO3/c1-25-21(24)15-8-6-14(7-9-15)18-12-19(23)22-20-16-5-3-2-4-13(16)10-11-17(18)20/h2-11,18H,12H2,1H3,(H,22,23)/t18-/m1/s1. The van der Waals surface area contributed by atoms with Crippen molar-refractivity contribution in [3.63, 3.8) is 0 Å². The van der Waals surface area contributed by atoms with E-state index in [9.17, 15) is 9.59 Å². The van der Waals surface area contributed by atoms with Crippen molar-refractivity contribution in [1.82, 2.24) is 0 Å². The van der Waals surface area contributed by atoms with Crippen LogP contribution in [0.25, 0.3) is 10.8 Å². The van der Waals surface area contributed by atoms with Crippen LogP contribution in [-0.4, -0.2) is 19.0 Å². The van der Waals surface area contributed by atoms with Gasteiger partial charge in [-0.1, -0.05) is 48.5 Å². The van der Waals surface area contributed by atoms with Gasteiger partial charge in [0.15, 0.2) is 0 Å². The van der Waals surface area contributed by atoms with E-state index in [-0.39, 0.29) is 17.8 Å². The maximum atomic E-state index is 12.3. The van der Waals surface area contributed by atoms with Crippen LogP contribution in [0, 0.1) is 0 Å². The van der Waals surface area contributed by atoms with Gasteiger partial charge in [0, 0.05) is 17.7 Å². The van der Waals surface area contributed by atoms with Crippen molar-refractivity contribution in [3.05, 3.63) is 77.4 Å². The fraction of sp³-hybridized carbons (Fsp3) is 0.143. The fourth-order valence-corrected chi connectivity index (χ4v) is 3.47. The third kappa shape index (κ3) is 2.66. The molecule has 1 amide bonds. The largest absolute Gasteiger partial charge is 0.465 e. The highest BCUT2D eigenvalue weighted by Gasteiger charge is 2.27. The summed E-state index contributed by atoms with van der Waals surface area (Å²) >= 11 is 0. The van der Waals surface area contributed by atoms with Crippen LogP contribution in [0.4, 0.5) is 5.69 Å². The van der Waals surface area contributed by atoms with E-state index in [0.717, 1.165) is 27.6 Å². The summed E-state index contributed by atoms with van der Waals surface area (Å²) in [6, 6.07) is 19.5. The summed E-state index contributed by atoms with van der Waals surface area (Å²) in [6.07, 6.45) is 0.392. The van der Waals surface area contributed by atoms with E-state index in [1.807, 2.05) is 36.4 Å². The maximum Gasteiger partial charge on any atom is 0.337 e. The minimum Gasteiger partial charge on any atom is -0.465 e. The van der Waals surface area contributed by atoms with Crippen LogP contribution in [0.2, 0.25) is 0 Å². The van der Waals surface area contributed by atoms with Crippen LogP contribution in [0.5, 0.6) is 0 Å². The van der Waals surface area contributed by atoms with E-state index in [4.69, 9.17) is 4.74 Å². The van der Waals surface area contributed by atoms with Crippen LogP contribution < -0.4 is 5.32 Å². The Morgan fingerprint density at radius 1 is 1.04 bits per heavy atom. The molecule has 0 aliphatic carbocycles. The van der Waals surface area contributed by atoms with Gasteiger partial charge in [0.05, 0.1) is 18.4 Å². The molecule has 4 nitrogen and oxygen atoms in total. The van der Waals surface area contributed by atoms with Crippen LogP contribution in [0.1, 0.15) is 33.8 Å². The van der Waals surface area contributed by atoms with Crippen molar-refractivity contribution in [2.45, 2.75) is 12.3 Å². The number of esters is 1. The second-order valence-corrected chi connectivity index (χ2v) is 6.17. The Bertz CT molecular complexity index is 976. The summed E-state index contributed by atoms with van der Waals surface area (Å²) in [4.78, 5) is 23.9. The molecule has 25 heavy (non-hydrogen) atoms. The number of nitrogens with one attached hydrogen (secondary N) is 1. The third-order valence-electron chi connectivity index (χ3n) is 4.72. The number of hydrogen-bond acceptors (Lipinski definition) is 3. The first-order chi connectivity index (χ1) is 12.2. The van der Waals surface area contributed by atoms with Gasteiger partial charge in [-0.25, -0.2) is 4.79 Å². The molecular weight excluding hydrogens is 314 g/mol. The fourth-order valence-electron chi connectivity index (χ4n) is 3.47. The van der Waals surface area contributed by atoms with Crippen molar-refractivity contribution in [3.8, 4) is 0 Å². The second-order valence-electron chi connectivity index (χ2n) is 6.17. The van der Waals surface area contributed by atoms with Gasteiger partial charge in [0.1, 0.15) is 0 Å². The maximum absolute atomic E-state index is 12.3. The topological polar surface area (TPSA) is 55.4 Å². The molecule has 1 heterocycles. The highest BCUT2D eigenvalue weighted by molar-refractivity contribution is 6.06. The number of amides is 1. The highest BCUT2D eigenvalue weighted by atomic mass is 16.5. The first kappa shape index (κ1) is 15.4. The van der Waals surface area contributed by atoms with Crippen molar-refractivity contribution < 1.29 is 14.3 Å². The molecule has 4 rings (SSSR count). The Morgan fingerprint density at radius 3 is 2.56 bits per heavy atom. The Hall–Kier alpha value is -3.14. The number of rotatable bonds is 2. The monoisotopic (exact) mass is 331 g/mol. The molecule has 0 saturated carbocycles. The first-order valence-electron chi connectivity index (χ1n) is 8.17. The number of fused-ring (bicyclic) bond motifs is 3. The van der Waals surface area contributed by atoms with E-state index in [2.05, 4.69) is 17.4 Å². The summed E-state index contributed by atoms with van der Waals surface area (Å²) in [5.74, 6) is -0.384. The highest BCUT2D eigenvalue weighted by Crippen LogP contribution is 2.40. The van der Waals surface area contributed by atoms with Crippen LogP contribution >= 0.6 is 0 Å².